The first-order chi connectivity index (χ1) is 8.02. The summed E-state index contributed by atoms with van der Waals surface area (Å²) < 4.78 is 0. The maximum atomic E-state index is 11.2. The van der Waals surface area contributed by atoms with Crippen molar-refractivity contribution in [2.24, 2.45) is 5.92 Å². The summed E-state index contributed by atoms with van der Waals surface area (Å²) in [6.45, 7) is 0. The third kappa shape index (κ3) is 3.83. The van der Waals surface area contributed by atoms with Crippen LogP contribution in [0, 0.1) is 17.8 Å². The lowest BCUT2D eigenvalue weighted by atomic mass is 10.1. The van der Waals surface area contributed by atoms with Gasteiger partial charge in [-0.1, -0.05) is 5.92 Å². The highest BCUT2D eigenvalue weighted by Gasteiger charge is 2.38. The van der Waals surface area contributed by atoms with Gasteiger partial charge in [-0.05, 0) is 12.8 Å². The van der Waals surface area contributed by atoms with Gasteiger partial charge >= 0.3 is 5.97 Å². The molecule has 0 radical (unpaired) electrons. The number of Topliss-reactive ketones (excluding diaryl/α,β-unsaturated/α-hetero) is 3. The number of carboxylic acid groups (broad SMARTS) is 1. The molecule has 1 aliphatic rings. The summed E-state index contributed by atoms with van der Waals surface area (Å²) >= 11 is 0. The number of carbonyl (C=O) groups excluding carboxylic acids is 3. The lowest BCUT2D eigenvalue weighted by Crippen LogP contribution is -2.14. The van der Waals surface area contributed by atoms with Crippen molar-refractivity contribution in [2.75, 3.05) is 0 Å². The van der Waals surface area contributed by atoms with Gasteiger partial charge in [-0.15, -0.1) is 5.92 Å². The summed E-state index contributed by atoms with van der Waals surface area (Å²) in [7, 11) is 0. The van der Waals surface area contributed by atoms with Gasteiger partial charge in [-0.3, -0.25) is 19.2 Å². The second-order valence-electron chi connectivity index (χ2n) is 3.79. The molecule has 17 heavy (non-hydrogen) atoms. The molecule has 1 unspecified atom stereocenters. The van der Waals surface area contributed by atoms with Gasteiger partial charge in [0.25, 0.3) is 0 Å². The summed E-state index contributed by atoms with van der Waals surface area (Å²) in [4.78, 5) is 43.5. The van der Waals surface area contributed by atoms with Crippen LogP contribution in [-0.2, 0) is 19.2 Å². The summed E-state index contributed by atoms with van der Waals surface area (Å²) in [5, 5.41) is 8.38. The fourth-order valence-electron chi connectivity index (χ4n) is 1.46. The zero-order chi connectivity index (χ0) is 12.8. The van der Waals surface area contributed by atoms with E-state index >= 15 is 0 Å². The van der Waals surface area contributed by atoms with E-state index in [1.54, 1.807) is 0 Å². The molecule has 0 heterocycles. The molecule has 0 amide bonds. The molecule has 0 aromatic heterocycles. The van der Waals surface area contributed by atoms with Crippen LogP contribution < -0.4 is 0 Å². The van der Waals surface area contributed by atoms with Gasteiger partial charge in [0.05, 0.1) is 6.42 Å². The number of ketones is 3. The molecule has 0 saturated heterocycles. The first-order valence-corrected chi connectivity index (χ1v) is 5.32. The fraction of sp³-hybridized carbons (Fsp3) is 0.500. The van der Waals surface area contributed by atoms with Crippen molar-refractivity contribution < 1.29 is 24.3 Å². The van der Waals surface area contributed by atoms with Crippen molar-refractivity contribution in [3.05, 3.63) is 0 Å². The fourth-order valence-corrected chi connectivity index (χ4v) is 1.46. The number of carbonyl (C=O) groups is 4. The van der Waals surface area contributed by atoms with E-state index in [1.165, 1.54) is 0 Å². The van der Waals surface area contributed by atoms with Crippen LogP contribution in [0.4, 0.5) is 0 Å². The molecule has 1 N–H and O–H groups in total. The van der Waals surface area contributed by atoms with Gasteiger partial charge in [0.1, 0.15) is 5.92 Å². The topological polar surface area (TPSA) is 88.5 Å². The van der Waals surface area contributed by atoms with Gasteiger partial charge in [0.2, 0.25) is 11.6 Å². The Morgan fingerprint density at radius 3 is 2.53 bits per heavy atom. The van der Waals surface area contributed by atoms with Gasteiger partial charge in [-0.2, -0.15) is 0 Å². The number of unbranched alkanes of at least 4 members (excludes halogenated alkanes) is 2. The minimum atomic E-state index is -1.08. The Hall–Kier alpha value is -1.96. The Labute approximate surface area is 98.2 Å². The molecule has 1 saturated carbocycles. The lowest BCUT2D eigenvalue weighted by Gasteiger charge is -1.93. The van der Waals surface area contributed by atoms with E-state index in [1.807, 2.05) is 0 Å². The van der Waals surface area contributed by atoms with Crippen LogP contribution in [0.3, 0.4) is 0 Å². The molecule has 5 nitrogen and oxygen atoms in total. The zero-order valence-corrected chi connectivity index (χ0v) is 9.19. The average Bonchev–Trinajstić information content (AvgIpc) is 2.48. The zero-order valence-electron chi connectivity index (χ0n) is 9.19. The Balaban J connectivity index is 2.35. The number of carboxylic acids is 1. The van der Waals surface area contributed by atoms with Crippen LogP contribution >= 0.6 is 0 Å². The molecule has 1 fully saturated rings. The first kappa shape index (κ1) is 13.1. The predicted molar refractivity (Wildman–Crippen MR) is 57.0 cm³/mol. The van der Waals surface area contributed by atoms with Crippen LogP contribution in [0.5, 0.6) is 0 Å². The third-order valence-corrected chi connectivity index (χ3v) is 2.38. The van der Waals surface area contributed by atoms with E-state index in [4.69, 9.17) is 5.11 Å². The molecule has 1 atom stereocenters. The van der Waals surface area contributed by atoms with Crippen LogP contribution in [0.25, 0.3) is 0 Å². The smallest absolute Gasteiger partial charge is 0.303 e. The summed E-state index contributed by atoms with van der Waals surface area (Å²) in [5.74, 6) is 1.38. The Morgan fingerprint density at radius 1 is 1.29 bits per heavy atom. The van der Waals surface area contributed by atoms with Crippen molar-refractivity contribution in [1.82, 2.24) is 0 Å². The molecule has 0 spiro atoms. The molecule has 1 rings (SSSR count). The highest BCUT2D eigenvalue weighted by atomic mass is 16.4. The SMILES string of the molecule is O=C(O)CCCCC#CC1C(=O)CC(=O)C1=O. The van der Waals surface area contributed by atoms with Crippen molar-refractivity contribution in [3.63, 3.8) is 0 Å². The van der Waals surface area contributed by atoms with E-state index < -0.39 is 29.2 Å². The van der Waals surface area contributed by atoms with Crippen molar-refractivity contribution >= 4 is 23.3 Å². The van der Waals surface area contributed by atoms with Gasteiger partial charge < -0.3 is 5.11 Å². The standard InChI is InChI=1S/C12H12O5/c13-9-7-10(14)12(17)8(9)5-3-1-2-4-6-11(15)16/h8H,1-2,4,6-7H2,(H,15,16). The molecular formula is C12H12O5. The lowest BCUT2D eigenvalue weighted by molar-refractivity contribution is -0.137. The van der Waals surface area contributed by atoms with E-state index in [0.29, 0.717) is 19.3 Å². The van der Waals surface area contributed by atoms with Gasteiger partial charge in [0.15, 0.2) is 5.78 Å². The van der Waals surface area contributed by atoms with Crippen LogP contribution in [0.1, 0.15) is 32.1 Å². The Kier molecular flexibility index (Phi) is 4.58. The maximum absolute atomic E-state index is 11.2. The third-order valence-electron chi connectivity index (χ3n) is 2.38. The quantitative estimate of drug-likeness (QED) is 0.329. The van der Waals surface area contributed by atoms with Crippen LogP contribution in [-0.4, -0.2) is 28.4 Å². The Morgan fingerprint density at radius 2 is 2.00 bits per heavy atom. The summed E-state index contributed by atoms with van der Waals surface area (Å²) in [6, 6.07) is 0. The van der Waals surface area contributed by atoms with Crippen LogP contribution in [0.2, 0.25) is 0 Å². The van der Waals surface area contributed by atoms with E-state index in [2.05, 4.69) is 11.8 Å². The molecule has 5 heteroatoms. The predicted octanol–water partition coefficient (Wildman–Crippen LogP) is 0.362. The number of hydrogen-bond donors (Lipinski definition) is 1. The monoisotopic (exact) mass is 236 g/mol. The molecule has 0 aromatic carbocycles. The largest absolute Gasteiger partial charge is 0.481 e. The number of rotatable bonds is 4. The summed E-state index contributed by atoms with van der Waals surface area (Å²) in [6.07, 6.45) is 1.29. The van der Waals surface area contributed by atoms with Crippen LogP contribution in [0.15, 0.2) is 0 Å². The van der Waals surface area contributed by atoms with E-state index in [-0.39, 0.29) is 12.8 Å². The average molecular weight is 236 g/mol. The van der Waals surface area contributed by atoms with Crippen molar-refractivity contribution in [1.29, 1.82) is 0 Å². The molecule has 1 aliphatic carbocycles. The molecule has 0 bridgehead atoms. The first-order valence-electron chi connectivity index (χ1n) is 5.32. The minimum Gasteiger partial charge on any atom is -0.481 e. The van der Waals surface area contributed by atoms with E-state index in [9.17, 15) is 19.2 Å². The van der Waals surface area contributed by atoms with Crippen molar-refractivity contribution in [3.8, 4) is 11.8 Å². The normalized spacial score (nSPS) is 19.1. The second-order valence-corrected chi connectivity index (χ2v) is 3.79. The van der Waals surface area contributed by atoms with E-state index in [0.717, 1.165) is 0 Å². The molecule has 0 aliphatic heterocycles. The highest BCUT2D eigenvalue weighted by molar-refractivity contribution is 6.50. The second kappa shape index (κ2) is 5.94. The number of aliphatic carboxylic acids is 1. The van der Waals surface area contributed by atoms with Crippen molar-refractivity contribution in [2.45, 2.75) is 32.1 Å². The molecule has 0 aromatic rings. The maximum Gasteiger partial charge on any atom is 0.303 e. The van der Waals surface area contributed by atoms with Gasteiger partial charge in [-0.25, -0.2) is 0 Å². The molecule has 90 valence electrons. The number of hydrogen-bond acceptors (Lipinski definition) is 4. The summed E-state index contributed by atoms with van der Waals surface area (Å²) in [5.41, 5.74) is 0. The minimum absolute atomic E-state index is 0.0848. The molecular weight excluding hydrogens is 224 g/mol. The highest BCUT2D eigenvalue weighted by Crippen LogP contribution is 2.13. The van der Waals surface area contributed by atoms with Gasteiger partial charge in [0, 0.05) is 12.8 Å². The Bertz CT molecular complexity index is 424.